The average Bonchev–Trinajstić information content (AvgIpc) is 2.89. The molecule has 1 unspecified atom stereocenters. The second-order valence-electron chi connectivity index (χ2n) is 5.21. The predicted molar refractivity (Wildman–Crippen MR) is 82.9 cm³/mol. The summed E-state index contributed by atoms with van der Waals surface area (Å²) in [5.74, 6) is 0. The van der Waals surface area contributed by atoms with Crippen LogP contribution in [0.3, 0.4) is 0 Å². The van der Waals surface area contributed by atoms with Gasteiger partial charge < -0.3 is 5.32 Å². The third-order valence-electron chi connectivity index (χ3n) is 3.84. The smallest absolute Gasteiger partial charge is 0.0671 e. The summed E-state index contributed by atoms with van der Waals surface area (Å²) in [6.45, 7) is 3.19. The Morgan fingerprint density at radius 3 is 2.68 bits per heavy atom. The molecule has 1 N–H and O–H groups in total. The third kappa shape index (κ3) is 2.75. The van der Waals surface area contributed by atoms with Crippen molar-refractivity contribution < 1.29 is 0 Å². The molecule has 3 rings (SSSR count). The Morgan fingerprint density at radius 2 is 1.95 bits per heavy atom. The van der Waals surface area contributed by atoms with Gasteiger partial charge in [-0.05, 0) is 49.4 Å². The molecule has 1 aliphatic rings. The number of nitrogens with one attached hydrogen (secondary N) is 1. The van der Waals surface area contributed by atoms with Crippen molar-refractivity contribution in [3.63, 3.8) is 0 Å². The number of aryl methyl sites for hydroxylation is 2. The second kappa shape index (κ2) is 5.89. The van der Waals surface area contributed by atoms with Crippen molar-refractivity contribution in [2.75, 3.05) is 6.54 Å². The first-order valence-electron chi connectivity index (χ1n) is 7.28. The molecular weight excluding hydrogens is 250 g/mol. The van der Waals surface area contributed by atoms with E-state index in [2.05, 4.69) is 48.6 Å². The van der Waals surface area contributed by atoms with E-state index in [0.717, 1.165) is 6.54 Å². The van der Waals surface area contributed by atoms with Crippen molar-refractivity contribution in [2.45, 2.75) is 38.6 Å². The Balaban J connectivity index is 1.94. The molecule has 1 aliphatic carbocycles. The van der Waals surface area contributed by atoms with Gasteiger partial charge in [-0.1, -0.05) is 37.3 Å². The van der Waals surface area contributed by atoms with E-state index < -0.39 is 0 Å². The fourth-order valence-corrected chi connectivity index (χ4v) is 4.25. The van der Waals surface area contributed by atoms with Gasteiger partial charge in [-0.2, -0.15) is 0 Å². The molecule has 1 aromatic carbocycles. The number of fused-ring (bicyclic) bond motifs is 1. The van der Waals surface area contributed by atoms with Crippen LogP contribution >= 0.6 is 11.3 Å². The van der Waals surface area contributed by atoms with Crippen molar-refractivity contribution in [1.82, 2.24) is 5.32 Å². The minimum atomic E-state index is 0.363. The lowest BCUT2D eigenvalue weighted by Gasteiger charge is -2.16. The molecular formula is C17H21NS. The first-order chi connectivity index (χ1) is 9.38. The summed E-state index contributed by atoms with van der Waals surface area (Å²) < 4.78 is 0. The lowest BCUT2D eigenvalue weighted by molar-refractivity contribution is 0.639. The van der Waals surface area contributed by atoms with Gasteiger partial charge >= 0.3 is 0 Å². The molecule has 1 atom stereocenters. The van der Waals surface area contributed by atoms with Crippen LogP contribution in [0.2, 0.25) is 0 Å². The van der Waals surface area contributed by atoms with Crippen molar-refractivity contribution in [3.05, 3.63) is 57.3 Å². The van der Waals surface area contributed by atoms with E-state index in [1.54, 1.807) is 10.4 Å². The molecule has 0 amide bonds. The van der Waals surface area contributed by atoms with Gasteiger partial charge in [0.15, 0.2) is 0 Å². The minimum absolute atomic E-state index is 0.363. The summed E-state index contributed by atoms with van der Waals surface area (Å²) in [5, 5.41) is 3.63. The van der Waals surface area contributed by atoms with Gasteiger partial charge in [-0.15, -0.1) is 11.3 Å². The zero-order valence-corrected chi connectivity index (χ0v) is 12.3. The fourth-order valence-electron chi connectivity index (χ4n) is 2.89. The fraction of sp³-hybridized carbons (Fsp3) is 0.412. The zero-order valence-electron chi connectivity index (χ0n) is 11.5. The lowest BCUT2D eigenvalue weighted by Crippen LogP contribution is -2.20. The van der Waals surface area contributed by atoms with Crippen LogP contribution in [0.1, 0.15) is 46.7 Å². The Morgan fingerprint density at radius 1 is 1.16 bits per heavy atom. The zero-order chi connectivity index (χ0) is 13.1. The number of hydrogen-bond donors (Lipinski definition) is 1. The summed E-state index contributed by atoms with van der Waals surface area (Å²) in [4.78, 5) is 3.11. The molecule has 0 saturated heterocycles. The number of rotatable bonds is 4. The van der Waals surface area contributed by atoms with Gasteiger partial charge in [-0.3, -0.25) is 0 Å². The lowest BCUT2D eigenvalue weighted by atomic mass is 9.98. The number of benzene rings is 1. The Kier molecular flexibility index (Phi) is 4.00. The van der Waals surface area contributed by atoms with E-state index in [1.807, 2.05) is 11.3 Å². The van der Waals surface area contributed by atoms with Crippen LogP contribution in [0.4, 0.5) is 0 Å². The first-order valence-corrected chi connectivity index (χ1v) is 8.10. The Labute approximate surface area is 119 Å². The van der Waals surface area contributed by atoms with Gasteiger partial charge in [-0.25, -0.2) is 0 Å². The topological polar surface area (TPSA) is 12.0 Å². The molecule has 19 heavy (non-hydrogen) atoms. The van der Waals surface area contributed by atoms with E-state index in [4.69, 9.17) is 0 Å². The summed E-state index contributed by atoms with van der Waals surface area (Å²) in [6.07, 6.45) is 5.29. The summed E-state index contributed by atoms with van der Waals surface area (Å²) >= 11 is 2.02. The average molecular weight is 271 g/mol. The molecule has 0 fully saturated rings. The molecule has 1 heterocycles. The highest BCUT2D eigenvalue weighted by atomic mass is 32.1. The number of thiophene rings is 1. The summed E-state index contributed by atoms with van der Waals surface area (Å²) in [6, 6.07) is 13.6. The van der Waals surface area contributed by atoms with Gasteiger partial charge in [0, 0.05) is 9.75 Å². The molecule has 0 spiro atoms. The van der Waals surface area contributed by atoms with Gasteiger partial charge in [0.25, 0.3) is 0 Å². The Hall–Kier alpha value is -1.12. The molecule has 2 heteroatoms. The van der Waals surface area contributed by atoms with Crippen molar-refractivity contribution in [3.8, 4) is 0 Å². The van der Waals surface area contributed by atoms with Crippen LogP contribution < -0.4 is 5.32 Å². The van der Waals surface area contributed by atoms with E-state index in [9.17, 15) is 0 Å². The highest BCUT2D eigenvalue weighted by Crippen LogP contribution is 2.35. The van der Waals surface area contributed by atoms with Crippen LogP contribution in [-0.2, 0) is 12.8 Å². The van der Waals surface area contributed by atoms with Gasteiger partial charge in [0.05, 0.1) is 6.04 Å². The normalized spacial score (nSPS) is 16.1. The molecule has 100 valence electrons. The van der Waals surface area contributed by atoms with Crippen LogP contribution in [0, 0.1) is 0 Å². The predicted octanol–water partition coefficient (Wildman–Crippen LogP) is 4.33. The first kappa shape index (κ1) is 12.9. The van der Waals surface area contributed by atoms with Crippen LogP contribution in [0.15, 0.2) is 36.4 Å². The standard InChI is InChI=1S/C17H21NS/c1-2-18-17(13-8-4-3-5-9-13)16-12-14-10-6-7-11-15(14)19-16/h3-5,8-9,12,17-18H,2,6-7,10-11H2,1H3. The van der Waals surface area contributed by atoms with Crippen molar-refractivity contribution in [2.24, 2.45) is 0 Å². The SMILES string of the molecule is CCNC(c1ccccc1)c1cc2c(s1)CCCC2. The third-order valence-corrected chi connectivity index (χ3v) is 5.14. The minimum Gasteiger partial charge on any atom is -0.306 e. The molecule has 0 saturated carbocycles. The van der Waals surface area contributed by atoms with E-state index in [1.165, 1.54) is 36.1 Å². The van der Waals surface area contributed by atoms with E-state index in [0.29, 0.717) is 6.04 Å². The molecule has 1 nitrogen and oxygen atoms in total. The maximum absolute atomic E-state index is 3.63. The molecule has 0 bridgehead atoms. The largest absolute Gasteiger partial charge is 0.306 e. The highest BCUT2D eigenvalue weighted by molar-refractivity contribution is 7.12. The van der Waals surface area contributed by atoms with Crippen LogP contribution in [-0.4, -0.2) is 6.54 Å². The van der Waals surface area contributed by atoms with E-state index >= 15 is 0 Å². The molecule has 1 aromatic heterocycles. The molecule has 0 radical (unpaired) electrons. The quantitative estimate of drug-likeness (QED) is 0.873. The second-order valence-corrected chi connectivity index (χ2v) is 6.37. The molecule has 2 aromatic rings. The van der Waals surface area contributed by atoms with Crippen LogP contribution in [0.25, 0.3) is 0 Å². The maximum Gasteiger partial charge on any atom is 0.0671 e. The Bertz CT molecular complexity index is 506. The van der Waals surface area contributed by atoms with Crippen LogP contribution in [0.5, 0.6) is 0 Å². The molecule has 0 aliphatic heterocycles. The van der Waals surface area contributed by atoms with Gasteiger partial charge in [0.2, 0.25) is 0 Å². The van der Waals surface area contributed by atoms with Crippen molar-refractivity contribution >= 4 is 11.3 Å². The summed E-state index contributed by atoms with van der Waals surface area (Å²) in [5.41, 5.74) is 2.98. The summed E-state index contributed by atoms with van der Waals surface area (Å²) in [7, 11) is 0. The van der Waals surface area contributed by atoms with Gasteiger partial charge in [0.1, 0.15) is 0 Å². The highest BCUT2D eigenvalue weighted by Gasteiger charge is 2.19. The van der Waals surface area contributed by atoms with E-state index in [-0.39, 0.29) is 0 Å². The number of hydrogen-bond acceptors (Lipinski definition) is 2. The van der Waals surface area contributed by atoms with Crippen molar-refractivity contribution in [1.29, 1.82) is 0 Å². The maximum atomic E-state index is 3.63. The monoisotopic (exact) mass is 271 g/mol.